The standard InChI is InChI=1S/C21H13BrN4O3/c22-11-5-7-12(8-6-11)26-16-10-29-19(27)17(16)21(14(9-23)18(26)24)13-3-1-2-4-15(13)25-20(21)28/h1-8H,10,24H2,(H,25,28)/t21-/m0/s1. The van der Waals surface area contributed by atoms with Crippen LogP contribution in [0.3, 0.4) is 0 Å². The molecule has 0 saturated carbocycles. The lowest BCUT2D eigenvalue weighted by molar-refractivity contribution is -0.137. The number of nitrogens with zero attached hydrogens (tertiary/aromatic N) is 2. The van der Waals surface area contributed by atoms with Crippen LogP contribution in [0.15, 0.2) is 75.7 Å². The lowest BCUT2D eigenvalue weighted by Crippen LogP contribution is -2.48. The van der Waals surface area contributed by atoms with Gasteiger partial charge in [-0.2, -0.15) is 5.26 Å². The van der Waals surface area contributed by atoms with Crippen molar-refractivity contribution in [3.8, 4) is 6.07 Å². The number of benzene rings is 2. The number of halogens is 1. The Bertz CT molecular complexity index is 1210. The summed E-state index contributed by atoms with van der Waals surface area (Å²) in [6.07, 6.45) is 0. The molecule has 3 heterocycles. The quantitative estimate of drug-likeness (QED) is 0.649. The highest BCUT2D eigenvalue weighted by Crippen LogP contribution is 2.54. The van der Waals surface area contributed by atoms with Crippen molar-refractivity contribution in [2.45, 2.75) is 5.41 Å². The number of hydrogen-bond acceptors (Lipinski definition) is 6. The predicted octanol–water partition coefficient (Wildman–Crippen LogP) is 2.66. The second-order valence-electron chi connectivity index (χ2n) is 6.83. The molecular weight excluding hydrogens is 436 g/mol. The number of cyclic esters (lactones) is 1. The first-order valence-corrected chi connectivity index (χ1v) is 9.57. The fourth-order valence-corrected chi connectivity index (χ4v) is 4.56. The smallest absolute Gasteiger partial charge is 0.338 e. The number of nitrogens with two attached hydrogens (primary N) is 1. The van der Waals surface area contributed by atoms with Crippen LogP contribution >= 0.6 is 15.9 Å². The second-order valence-corrected chi connectivity index (χ2v) is 7.75. The average Bonchev–Trinajstić information content (AvgIpc) is 3.22. The summed E-state index contributed by atoms with van der Waals surface area (Å²) >= 11 is 3.39. The summed E-state index contributed by atoms with van der Waals surface area (Å²) in [5, 5.41) is 12.9. The fraction of sp³-hybridized carbons (Fsp3) is 0.0952. The van der Waals surface area contributed by atoms with E-state index in [9.17, 15) is 14.9 Å². The summed E-state index contributed by atoms with van der Waals surface area (Å²) in [4.78, 5) is 27.8. The first-order valence-electron chi connectivity index (χ1n) is 8.78. The van der Waals surface area contributed by atoms with Gasteiger partial charge < -0.3 is 15.8 Å². The Labute approximate surface area is 174 Å². The molecule has 1 amide bonds. The van der Waals surface area contributed by atoms with Crippen molar-refractivity contribution >= 4 is 39.2 Å². The molecule has 1 spiro atoms. The fourth-order valence-electron chi connectivity index (χ4n) is 4.30. The van der Waals surface area contributed by atoms with E-state index in [2.05, 4.69) is 27.3 Å². The molecule has 2 aromatic carbocycles. The van der Waals surface area contributed by atoms with Gasteiger partial charge in [0.1, 0.15) is 23.9 Å². The maximum Gasteiger partial charge on any atom is 0.338 e. The molecule has 7 nitrogen and oxygen atoms in total. The van der Waals surface area contributed by atoms with Crippen LogP contribution in [-0.2, 0) is 19.7 Å². The van der Waals surface area contributed by atoms with Crippen LogP contribution < -0.4 is 16.0 Å². The van der Waals surface area contributed by atoms with Gasteiger partial charge in [-0.25, -0.2) is 4.79 Å². The topological polar surface area (TPSA) is 108 Å². The Morgan fingerprint density at radius 1 is 1.17 bits per heavy atom. The molecule has 5 rings (SSSR count). The zero-order valence-electron chi connectivity index (χ0n) is 14.9. The summed E-state index contributed by atoms with van der Waals surface area (Å²) in [5.41, 5.74) is 7.16. The van der Waals surface area contributed by atoms with Gasteiger partial charge in [0, 0.05) is 21.4 Å². The highest BCUT2D eigenvalue weighted by molar-refractivity contribution is 9.10. The van der Waals surface area contributed by atoms with Crippen molar-refractivity contribution in [1.82, 2.24) is 0 Å². The molecule has 3 aliphatic heterocycles. The van der Waals surface area contributed by atoms with Crippen molar-refractivity contribution in [3.63, 3.8) is 0 Å². The van der Waals surface area contributed by atoms with Gasteiger partial charge in [-0.15, -0.1) is 0 Å². The molecule has 142 valence electrons. The summed E-state index contributed by atoms with van der Waals surface area (Å²) in [5.74, 6) is -1.02. The largest absolute Gasteiger partial charge is 0.456 e. The summed E-state index contributed by atoms with van der Waals surface area (Å²) in [6, 6.07) is 16.4. The number of carbonyl (C=O) groups is 2. The van der Waals surface area contributed by atoms with E-state index in [-0.39, 0.29) is 23.6 Å². The number of anilines is 2. The number of amides is 1. The molecule has 29 heavy (non-hydrogen) atoms. The molecule has 3 aliphatic rings. The highest BCUT2D eigenvalue weighted by atomic mass is 79.9. The first kappa shape index (κ1) is 17.5. The van der Waals surface area contributed by atoms with Crippen LogP contribution in [0.1, 0.15) is 5.56 Å². The number of hydrogen-bond donors (Lipinski definition) is 2. The molecule has 1 atom stereocenters. The van der Waals surface area contributed by atoms with E-state index in [0.717, 1.165) is 4.47 Å². The number of para-hydroxylation sites is 1. The van der Waals surface area contributed by atoms with E-state index < -0.39 is 17.3 Å². The lowest BCUT2D eigenvalue weighted by Gasteiger charge is -2.38. The van der Waals surface area contributed by atoms with Crippen molar-refractivity contribution in [1.29, 1.82) is 5.26 Å². The summed E-state index contributed by atoms with van der Waals surface area (Å²) in [7, 11) is 0. The molecular formula is C21H13BrN4O3. The van der Waals surface area contributed by atoms with E-state index in [1.165, 1.54) is 0 Å². The Kier molecular flexibility index (Phi) is 3.60. The van der Waals surface area contributed by atoms with Crippen molar-refractivity contribution < 1.29 is 14.3 Å². The minimum atomic E-state index is -1.62. The van der Waals surface area contributed by atoms with E-state index in [0.29, 0.717) is 22.6 Å². The molecule has 0 bridgehead atoms. The molecule has 8 heteroatoms. The number of ether oxygens (including phenoxy) is 1. The monoisotopic (exact) mass is 448 g/mol. The van der Waals surface area contributed by atoms with Crippen LogP contribution in [0, 0.1) is 11.3 Å². The van der Waals surface area contributed by atoms with Crippen LogP contribution in [0.5, 0.6) is 0 Å². The molecule has 0 aromatic heterocycles. The van der Waals surface area contributed by atoms with Crippen LogP contribution in [0.4, 0.5) is 11.4 Å². The summed E-state index contributed by atoms with van der Waals surface area (Å²) in [6.45, 7) is -0.0408. The highest BCUT2D eigenvalue weighted by Gasteiger charge is 2.61. The van der Waals surface area contributed by atoms with Crippen molar-refractivity contribution in [2.24, 2.45) is 5.73 Å². The minimum absolute atomic E-state index is 0.000434. The number of nitrogens with one attached hydrogen (secondary N) is 1. The molecule has 0 radical (unpaired) electrons. The van der Waals surface area contributed by atoms with E-state index >= 15 is 0 Å². The van der Waals surface area contributed by atoms with Crippen LogP contribution in [0.2, 0.25) is 0 Å². The Hall–Kier alpha value is -3.57. The third kappa shape index (κ3) is 2.10. The maximum absolute atomic E-state index is 13.3. The number of carbonyl (C=O) groups excluding carboxylic acids is 2. The normalized spacial score (nSPS) is 22.4. The van der Waals surface area contributed by atoms with Gasteiger partial charge in [-0.3, -0.25) is 9.69 Å². The van der Waals surface area contributed by atoms with Crippen molar-refractivity contribution in [3.05, 3.63) is 81.2 Å². The Balaban J connectivity index is 1.86. The predicted molar refractivity (Wildman–Crippen MR) is 108 cm³/mol. The summed E-state index contributed by atoms with van der Waals surface area (Å²) < 4.78 is 6.20. The molecule has 0 saturated heterocycles. The number of rotatable bonds is 1. The SMILES string of the molecule is N#CC1=C(N)N(c2ccc(Br)cc2)C2=C(C(=O)OC2)[C@@]12C(=O)Nc1ccccc12. The zero-order valence-corrected chi connectivity index (χ0v) is 16.5. The number of esters is 1. The maximum atomic E-state index is 13.3. The van der Waals surface area contributed by atoms with E-state index in [1.54, 1.807) is 41.3 Å². The van der Waals surface area contributed by atoms with Crippen molar-refractivity contribution in [2.75, 3.05) is 16.8 Å². The molecule has 0 aliphatic carbocycles. The second kappa shape index (κ2) is 5.96. The molecule has 0 unspecified atom stereocenters. The average molecular weight is 449 g/mol. The van der Waals surface area contributed by atoms with Gasteiger partial charge in [0.05, 0.1) is 16.8 Å². The molecule has 0 fully saturated rings. The number of fused-ring (bicyclic) bond motifs is 3. The lowest BCUT2D eigenvalue weighted by atomic mass is 9.67. The van der Waals surface area contributed by atoms with Crippen LogP contribution in [0.25, 0.3) is 0 Å². The van der Waals surface area contributed by atoms with Gasteiger partial charge in [0.15, 0.2) is 0 Å². The van der Waals surface area contributed by atoms with E-state index in [4.69, 9.17) is 10.5 Å². The zero-order chi connectivity index (χ0) is 20.3. The molecule has 3 N–H and O–H groups in total. The Morgan fingerprint density at radius 2 is 1.90 bits per heavy atom. The van der Waals surface area contributed by atoms with Gasteiger partial charge in [-0.1, -0.05) is 34.1 Å². The molecule has 2 aromatic rings. The van der Waals surface area contributed by atoms with E-state index in [1.807, 2.05) is 12.1 Å². The third-order valence-electron chi connectivity index (χ3n) is 5.47. The van der Waals surface area contributed by atoms with Crippen LogP contribution in [-0.4, -0.2) is 18.5 Å². The first-order chi connectivity index (χ1) is 14.0. The number of nitriles is 1. The van der Waals surface area contributed by atoms with Gasteiger partial charge in [-0.05, 0) is 30.3 Å². The van der Waals surface area contributed by atoms with Gasteiger partial charge in [0.2, 0.25) is 5.91 Å². The third-order valence-corrected chi connectivity index (χ3v) is 5.99. The van der Waals surface area contributed by atoms with Gasteiger partial charge >= 0.3 is 5.97 Å². The Morgan fingerprint density at radius 3 is 2.62 bits per heavy atom. The van der Waals surface area contributed by atoms with Gasteiger partial charge in [0.25, 0.3) is 0 Å². The minimum Gasteiger partial charge on any atom is -0.456 e.